The van der Waals surface area contributed by atoms with Crippen LogP contribution >= 0.6 is 0 Å². The minimum absolute atomic E-state index is 0.323. The molecule has 0 atom stereocenters. The molecule has 120 valence electrons. The number of nitrogens with one attached hydrogen (secondary N) is 2. The van der Waals surface area contributed by atoms with Crippen LogP contribution in [0.25, 0.3) is 0 Å². The Morgan fingerprint density at radius 2 is 1.92 bits per heavy atom. The van der Waals surface area contributed by atoms with Gasteiger partial charge in [0, 0.05) is 22.5 Å². The van der Waals surface area contributed by atoms with Crippen molar-refractivity contribution in [1.82, 2.24) is 4.90 Å². The molecule has 0 radical (unpaired) electrons. The van der Waals surface area contributed by atoms with Crippen LogP contribution in [0.15, 0.2) is 42.5 Å². The van der Waals surface area contributed by atoms with Crippen LogP contribution in [-0.2, 0) is 13.1 Å². The molecule has 1 aliphatic heterocycles. The van der Waals surface area contributed by atoms with Crippen LogP contribution in [0.4, 0.5) is 16.2 Å². The summed E-state index contributed by atoms with van der Waals surface area (Å²) in [6.07, 6.45) is 0.916. The minimum atomic E-state index is -1.19. The number of fused-ring (bicyclic) bond motifs is 1. The Kier molecular flexibility index (Phi) is 4.03. The summed E-state index contributed by atoms with van der Waals surface area (Å²) in [5.74, 6) is -0.340. The zero-order chi connectivity index (χ0) is 17.1. The predicted molar refractivity (Wildman–Crippen MR) is 87.3 cm³/mol. The quantitative estimate of drug-likeness (QED) is 0.754. The number of hydrogen-bond donors (Lipinski definition) is 3. The van der Waals surface area contributed by atoms with E-state index in [9.17, 15) is 9.59 Å². The second-order valence-corrected chi connectivity index (χ2v) is 5.36. The SMILES string of the molecule is N#CN1Cc2cccc(NC(=O)c3cccc(NC(=O)O)c3)c2C1. The third kappa shape index (κ3) is 3.13. The molecule has 1 aliphatic rings. The van der Waals surface area contributed by atoms with Gasteiger partial charge < -0.3 is 15.3 Å². The van der Waals surface area contributed by atoms with Crippen LogP contribution in [-0.4, -0.2) is 22.0 Å². The molecule has 0 bridgehead atoms. The van der Waals surface area contributed by atoms with E-state index in [0.717, 1.165) is 11.1 Å². The number of nitriles is 1. The van der Waals surface area contributed by atoms with Gasteiger partial charge in [0.25, 0.3) is 5.91 Å². The Balaban J connectivity index is 1.81. The number of benzene rings is 2. The fourth-order valence-electron chi connectivity index (χ4n) is 2.67. The van der Waals surface area contributed by atoms with Crippen molar-refractivity contribution in [2.45, 2.75) is 13.1 Å². The molecule has 3 rings (SSSR count). The van der Waals surface area contributed by atoms with Gasteiger partial charge in [0.2, 0.25) is 0 Å². The molecule has 0 saturated heterocycles. The van der Waals surface area contributed by atoms with Crippen molar-refractivity contribution in [3.63, 3.8) is 0 Å². The molecule has 0 saturated carbocycles. The summed E-state index contributed by atoms with van der Waals surface area (Å²) in [7, 11) is 0. The highest BCUT2D eigenvalue weighted by Crippen LogP contribution is 2.29. The first-order valence-electron chi connectivity index (χ1n) is 7.23. The van der Waals surface area contributed by atoms with E-state index in [1.165, 1.54) is 6.07 Å². The number of hydrogen-bond acceptors (Lipinski definition) is 4. The summed E-state index contributed by atoms with van der Waals surface area (Å²) in [6.45, 7) is 0.996. The highest BCUT2D eigenvalue weighted by molar-refractivity contribution is 6.05. The summed E-state index contributed by atoms with van der Waals surface area (Å²) in [5.41, 5.74) is 3.26. The maximum Gasteiger partial charge on any atom is 0.409 e. The zero-order valence-electron chi connectivity index (χ0n) is 12.6. The Morgan fingerprint density at radius 1 is 1.12 bits per heavy atom. The molecule has 2 aromatic carbocycles. The van der Waals surface area contributed by atoms with Gasteiger partial charge in [-0.15, -0.1) is 0 Å². The fourth-order valence-corrected chi connectivity index (χ4v) is 2.67. The maximum absolute atomic E-state index is 12.4. The first-order valence-corrected chi connectivity index (χ1v) is 7.23. The van der Waals surface area contributed by atoms with Crippen LogP contribution in [0.3, 0.4) is 0 Å². The largest absolute Gasteiger partial charge is 0.465 e. The van der Waals surface area contributed by atoms with Crippen LogP contribution < -0.4 is 10.6 Å². The fraction of sp³-hybridized carbons (Fsp3) is 0.118. The molecule has 7 nitrogen and oxygen atoms in total. The van der Waals surface area contributed by atoms with Gasteiger partial charge in [0.15, 0.2) is 6.19 Å². The lowest BCUT2D eigenvalue weighted by molar-refractivity contribution is 0.102. The maximum atomic E-state index is 12.4. The second-order valence-electron chi connectivity index (χ2n) is 5.36. The summed E-state index contributed by atoms with van der Waals surface area (Å²) in [6, 6.07) is 11.8. The third-order valence-corrected chi connectivity index (χ3v) is 3.75. The second kappa shape index (κ2) is 6.30. The minimum Gasteiger partial charge on any atom is -0.465 e. The molecule has 0 fully saturated rings. The van der Waals surface area contributed by atoms with Crippen LogP contribution in [0, 0.1) is 11.5 Å². The van der Waals surface area contributed by atoms with E-state index in [1.807, 2.05) is 12.1 Å². The van der Waals surface area contributed by atoms with Crippen molar-refractivity contribution in [3.8, 4) is 6.19 Å². The number of carbonyl (C=O) groups excluding carboxylic acids is 1. The third-order valence-electron chi connectivity index (χ3n) is 3.75. The number of amides is 2. The van der Waals surface area contributed by atoms with E-state index in [1.54, 1.807) is 29.2 Å². The van der Waals surface area contributed by atoms with Gasteiger partial charge in [-0.2, -0.15) is 5.26 Å². The molecule has 2 amide bonds. The van der Waals surface area contributed by atoms with Crippen LogP contribution in [0.1, 0.15) is 21.5 Å². The zero-order valence-corrected chi connectivity index (χ0v) is 12.6. The van der Waals surface area contributed by atoms with E-state index < -0.39 is 6.09 Å². The van der Waals surface area contributed by atoms with E-state index in [0.29, 0.717) is 30.0 Å². The first kappa shape index (κ1) is 15.4. The molecular weight excluding hydrogens is 308 g/mol. The molecule has 2 aromatic rings. The molecular formula is C17H14N4O3. The summed E-state index contributed by atoms with van der Waals surface area (Å²) in [4.78, 5) is 24.7. The Morgan fingerprint density at radius 3 is 2.67 bits per heavy atom. The smallest absolute Gasteiger partial charge is 0.409 e. The Bertz CT molecular complexity index is 857. The molecule has 0 unspecified atom stereocenters. The number of nitrogens with zero attached hydrogens (tertiary/aromatic N) is 2. The van der Waals surface area contributed by atoms with Gasteiger partial charge >= 0.3 is 6.09 Å². The average Bonchev–Trinajstić information content (AvgIpc) is 2.99. The van der Waals surface area contributed by atoms with Gasteiger partial charge in [-0.3, -0.25) is 10.1 Å². The van der Waals surface area contributed by atoms with Crippen molar-refractivity contribution in [1.29, 1.82) is 5.26 Å². The van der Waals surface area contributed by atoms with Gasteiger partial charge in [-0.25, -0.2) is 4.79 Å². The van der Waals surface area contributed by atoms with Crippen molar-refractivity contribution >= 4 is 23.4 Å². The highest BCUT2D eigenvalue weighted by atomic mass is 16.4. The number of anilines is 2. The normalized spacial score (nSPS) is 12.2. The lowest BCUT2D eigenvalue weighted by atomic mass is 10.1. The standard InChI is InChI=1S/C17H14N4O3/c18-10-21-8-12-4-2-6-15(14(12)9-21)20-16(22)11-3-1-5-13(7-11)19-17(23)24/h1-7,19H,8-9H2,(H,20,22)(H,23,24). The predicted octanol–water partition coefficient (Wildman–Crippen LogP) is 2.83. The van der Waals surface area contributed by atoms with Gasteiger partial charge in [-0.1, -0.05) is 18.2 Å². The average molecular weight is 322 g/mol. The molecule has 3 N–H and O–H groups in total. The van der Waals surface area contributed by atoms with Gasteiger partial charge in [0.05, 0.1) is 13.1 Å². The number of carbonyl (C=O) groups is 2. The Hall–Kier alpha value is -3.53. The molecule has 0 aromatic heterocycles. The van der Waals surface area contributed by atoms with E-state index in [2.05, 4.69) is 16.8 Å². The van der Waals surface area contributed by atoms with Gasteiger partial charge in [0.1, 0.15) is 0 Å². The van der Waals surface area contributed by atoms with E-state index in [4.69, 9.17) is 10.4 Å². The number of rotatable bonds is 3. The Labute approximate surface area is 138 Å². The summed E-state index contributed by atoms with van der Waals surface area (Å²) < 4.78 is 0. The summed E-state index contributed by atoms with van der Waals surface area (Å²) >= 11 is 0. The first-order chi connectivity index (χ1) is 11.6. The molecule has 0 aliphatic carbocycles. The topological polar surface area (TPSA) is 105 Å². The molecule has 24 heavy (non-hydrogen) atoms. The van der Waals surface area contributed by atoms with Crippen molar-refractivity contribution in [2.75, 3.05) is 10.6 Å². The lowest BCUT2D eigenvalue weighted by Gasteiger charge is -2.10. The molecule has 1 heterocycles. The van der Waals surface area contributed by atoms with Gasteiger partial charge in [-0.05, 0) is 29.8 Å². The van der Waals surface area contributed by atoms with E-state index >= 15 is 0 Å². The van der Waals surface area contributed by atoms with Crippen LogP contribution in [0.2, 0.25) is 0 Å². The van der Waals surface area contributed by atoms with Crippen LogP contribution in [0.5, 0.6) is 0 Å². The monoisotopic (exact) mass is 322 g/mol. The van der Waals surface area contributed by atoms with Crippen molar-refractivity contribution < 1.29 is 14.7 Å². The van der Waals surface area contributed by atoms with E-state index in [-0.39, 0.29) is 5.91 Å². The molecule has 7 heteroatoms. The highest BCUT2D eigenvalue weighted by Gasteiger charge is 2.21. The van der Waals surface area contributed by atoms with Crippen molar-refractivity contribution in [3.05, 3.63) is 59.2 Å². The molecule has 0 spiro atoms. The number of carboxylic acid groups (broad SMARTS) is 1. The lowest BCUT2D eigenvalue weighted by Crippen LogP contribution is -2.15. The summed E-state index contributed by atoms with van der Waals surface area (Å²) in [5, 5.41) is 22.8. The van der Waals surface area contributed by atoms with Crippen molar-refractivity contribution in [2.24, 2.45) is 0 Å².